The van der Waals surface area contributed by atoms with Crippen LogP contribution in [0.1, 0.15) is 25.5 Å². The van der Waals surface area contributed by atoms with Crippen LogP contribution in [0.4, 0.5) is 4.79 Å². The molecule has 34 heavy (non-hydrogen) atoms. The molecule has 3 rings (SSSR count). The first-order chi connectivity index (χ1) is 16.5. The number of aromatic nitrogens is 1. The Bertz CT molecular complexity index is 946. The average Bonchev–Trinajstić information content (AvgIpc) is 3.53. The maximum atomic E-state index is 12.8. The van der Waals surface area contributed by atoms with Crippen molar-refractivity contribution in [3.8, 4) is 28.6 Å². The molecule has 0 radical (unpaired) electrons. The molecule has 0 bridgehead atoms. The first-order valence-electron chi connectivity index (χ1n) is 11.0. The Balaban J connectivity index is 1.76. The van der Waals surface area contributed by atoms with Crippen LogP contribution in [0.3, 0.4) is 0 Å². The summed E-state index contributed by atoms with van der Waals surface area (Å²) in [5.74, 6) is 1.40. The van der Waals surface area contributed by atoms with Crippen molar-refractivity contribution in [2.45, 2.75) is 32.4 Å². The molecule has 1 aliphatic heterocycles. The molecule has 1 saturated heterocycles. The van der Waals surface area contributed by atoms with Crippen molar-refractivity contribution >= 4 is 12.0 Å². The molecule has 2 aromatic rings. The lowest BCUT2D eigenvalue weighted by Crippen LogP contribution is -2.45. The van der Waals surface area contributed by atoms with Crippen LogP contribution in [-0.2, 0) is 20.8 Å². The number of carbonyl (C=O) groups is 2. The summed E-state index contributed by atoms with van der Waals surface area (Å²) in [6, 6.07) is 4.83. The largest absolute Gasteiger partial charge is 0.493 e. The number of urea groups is 1. The minimum atomic E-state index is -0.501. The van der Waals surface area contributed by atoms with Gasteiger partial charge in [-0.15, -0.1) is 0 Å². The summed E-state index contributed by atoms with van der Waals surface area (Å²) in [6.07, 6.45) is 1.73. The second kappa shape index (κ2) is 12.1. The molecule has 1 unspecified atom stereocenters. The van der Waals surface area contributed by atoms with Crippen LogP contribution in [0.15, 0.2) is 22.7 Å². The van der Waals surface area contributed by atoms with Crippen LogP contribution in [-0.4, -0.2) is 75.8 Å². The zero-order valence-corrected chi connectivity index (χ0v) is 19.9. The highest BCUT2D eigenvalue weighted by Crippen LogP contribution is 2.41. The molecule has 0 saturated carbocycles. The van der Waals surface area contributed by atoms with E-state index in [4.69, 9.17) is 28.2 Å². The van der Waals surface area contributed by atoms with E-state index in [0.29, 0.717) is 47.4 Å². The van der Waals surface area contributed by atoms with E-state index in [-0.39, 0.29) is 25.8 Å². The third-order valence-electron chi connectivity index (χ3n) is 5.29. The molecule has 0 aliphatic carbocycles. The summed E-state index contributed by atoms with van der Waals surface area (Å²) in [5.41, 5.74) is 1.21. The average molecular weight is 478 g/mol. The van der Waals surface area contributed by atoms with Crippen molar-refractivity contribution in [2.75, 3.05) is 47.6 Å². The number of rotatable bonds is 11. The van der Waals surface area contributed by atoms with Crippen LogP contribution in [0.5, 0.6) is 17.2 Å². The van der Waals surface area contributed by atoms with Crippen LogP contribution in [0, 0.1) is 0 Å². The fourth-order valence-corrected chi connectivity index (χ4v) is 3.67. The minimum absolute atomic E-state index is 0.0742. The minimum Gasteiger partial charge on any atom is -0.493 e. The normalized spacial score (nSPS) is 15.0. The number of nitrogens with one attached hydrogen (secondary N) is 1. The van der Waals surface area contributed by atoms with Gasteiger partial charge in [0.05, 0.1) is 40.6 Å². The van der Waals surface area contributed by atoms with E-state index in [2.05, 4.69) is 10.5 Å². The number of hydrogen-bond acceptors (Lipinski definition) is 9. The van der Waals surface area contributed by atoms with Gasteiger partial charge < -0.3 is 38.4 Å². The van der Waals surface area contributed by atoms with E-state index < -0.39 is 12.0 Å². The second-order valence-corrected chi connectivity index (χ2v) is 7.58. The molecular weight excluding hydrogens is 446 g/mol. The molecule has 1 aliphatic rings. The molecule has 2 amide bonds. The molecule has 1 atom stereocenters. The van der Waals surface area contributed by atoms with Gasteiger partial charge in [0, 0.05) is 24.8 Å². The number of hydrogen-bond donors (Lipinski definition) is 1. The van der Waals surface area contributed by atoms with Crippen molar-refractivity contribution in [3.05, 3.63) is 23.9 Å². The molecule has 11 heteroatoms. The summed E-state index contributed by atoms with van der Waals surface area (Å²) >= 11 is 0. The topological polar surface area (TPSA) is 122 Å². The predicted octanol–water partition coefficient (Wildman–Crippen LogP) is 2.62. The Morgan fingerprint density at radius 1 is 1.15 bits per heavy atom. The highest BCUT2D eigenvalue weighted by molar-refractivity contribution is 5.81. The fourth-order valence-electron chi connectivity index (χ4n) is 3.67. The van der Waals surface area contributed by atoms with Crippen LogP contribution < -0.4 is 19.5 Å². The van der Waals surface area contributed by atoms with Crippen molar-refractivity contribution in [2.24, 2.45) is 0 Å². The lowest BCUT2D eigenvalue weighted by atomic mass is 10.1. The van der Waals surface area contributed by atoms with E-state index in [1.165, 1.54) is 21.3 Å². The summed E-state index contributed by atoms with van der Waals surface area (Å²) in [7, 11) is 4.60. The predicted molar refractivity (Wildman–Crippen MR) is 121 cm³/mol. The van der Waals surface area contributed by atoms with E-state index in [1.54, 1.807) is 30.0 Å². The standard InChI is InChI=1S/C23H31N3O8/c1-5-32-21(27)12-24-23(28)26(14-17-7-6-8-33-17)13-16-11-18(34-25-16)15-9-19(29-2)22(31-4)20(10-15)30-3/h9-11,17H,5-8,12-14H2,1-4H3,(H,24,28). The third-order valence-corrected chi connectivity index (χ3v) is 5.29. The quantitative estimate of drug-likeness (QED) is 0.487. The van der Waals surface area contributed by atoms with E-state index in [9.17, 15) is 9.59 Å². The van der Waals surface area contributed by atoms with Gasteiger partial charge in [-0.1, -0.05) is 5.16 Å². The Kier molecular flexibility index (Phi) is 8.97. The van der Waals surface area contributed by atoms with Gasteiger partial charge in [0.2, 0.25) is 5.75 Å². The second-order valence-electron chi connectivity index (χ2n) is 7.58. The smallest absolute Gasteiger partial charge is 0.325 e. The summed E-state index contributed by atoms with van der Waals surface area (Å²) in [6.45, 7) is 2.93. The van der Waals surface area contributed by atoms with Crippen LogP contribution in [0.25, 0.3) is 11.3 Å². The van der Waals surface area contributed by atoms with Crippen molar-refractivity contribution in [1.82, 2.24) is 15.4 Å². The number of nitrogens with zero attached hydrogens (tertiary/aromatic N) is 2. The van der Waals surface area contributed by atoms with Gasteiger partial charge in [-0.2, -0.15) is 0 Å². The van der Waals surface area contributed by atoms with Gasteiger partial charge in [-0.3, -0.25) is 4.79 Å². The molecule has 2 heterocycles. The number of amides is 2. The van der Waals surface area contributed by atoms with Crippen LogP contribution >= 0.6 is 0 Å². The summed E-state index contributed by atoms with van der Waals surface area (Å²) < 4.78 is 32.3. The number of esters is 1. The van der Waals surface area contributed by atoms with Crippen molar-refractivity contribution in [1.29, 1.82) is 0 Å². The number of carbonyl (C=O) groups excluding carboxylic acids is 2. The Labute approximate surface area is 198 Å². The third kappa shape index (κ3) is 6.31. The Morgan fingerprint density at radius 3 is 2.47 bits per heavy atom. The molecule has 1 fully saturated rings. The molecule has 0 spiro atoms. The molecule has 11 nitrogen and oxygen atoms in total. The van der Waals surface area contributed by atoms with Gasteiger partial charge in [-0.05, 0) is 31.9 Å². The molecule has 1 N–H and O–H groups in total. The van der Waals surface area contributed by atoms with Crippen molar-refractivity contribution < 1.29 is 37.8 Å². The fraction of sp³-hybridized carbons (Fsp3) is 0.522. The van der Waals surface area contributed by atoms with E-state index in [0.717, 1.165) is 12.8 Å². The maximum absolute atomic E-state index is 12.8. The zero-order chi connectivity index (χ0) is 24.5. The molecular formula is C23H31N3O8. The Hall–Kier alpha value is -3.47. The van der Waals surface area contributed by atoms with Crippen molar-refractivity contribution in [3.63, 3.8) is 0 Å². The van der Waals surface area contributed by atoms with Gasteiger partial charge in [0.25, 0.3) is 0 Å². The lowest BCUT2D eigenvalue weighted by Gasteiger charge is -2.24. The summed E-state index contributed by atoms with van der Waals surface area (Å²) in [4.78, 5) is 26.0. The van der Waals surface area contributed by atoms with Gasteiger partial charge in [0.15, 0.2) is 17.3 Å². The van der Waals surface area contributed by atoms with E-state index in [1.807, 2.05) is 0 Å². The maximum Gasteiger partial charge on any atom is 0.325 e. The summed E-state index contributed by atoms with van der Waals surface area (Å²) in [5, 5.41) is 6.72. The SMILES string of the molecule is CCOC(=O)CNC(=O)N(Cc1cc(-c2cc(OC)c(OC)c(OC)c2)on1)CC1CCCO1. The highest BCUT2D eigenvalue weighted by atomic mass is 16.5. The highest BCUT2D eigenvalue weighted by Gasteiger charge is 2.25. The number of methoxy groups -OCH3 is 3. The lowest BCUT2D eigenvalue weighted by molar-refractivity contribution is -0.141. The molecule has 186 valence electrons. The monoisotopic (exact) mass is 477 g/mol. The number of ether oxygens (including phenoxy) is 5. The van der Waals surface area contributed by atoms with Gasteiger partial charge in [0.1, 0.15) is 12.2 Å². The van der Waals surface area contributed by atoms with Gasteiger partial charge in [-0.25, -0.2) is 4.79 Å². The molecule has 1 aromatic carbocycles. The zero-order valence-electron chi connectivity index (χ0n) is 19.9. The van der Waals surface area contributed by atoms with Crippen LogP contribution in [0.2, 0.25) is 0 Å². The first-order valence-corrected chi connectivity index (χ1v) is 11.0. The Morgan fingerprint density at radius 2 is 1.88 bits per heavy atom. The number of benzene rings is 1. The van der Waals surface area contributed by atoms with Gasteiger partial charge >= 0.3 is 12.0 Å². The van der Waals surface area contributed by atoms with E-state index >= 15 is 0 Å². The molecule has 1 aromatic heterocycles. The first kappa shape index (κ1) is 25.2.